The van der Waals surface area contributed by atoms with Crippen molar-refractivity contribution in [2.24, 2.45) is 11.3 Å². The van der Waals surface area contributed by atoms with Crippen LogP contribution in [-0.4, -0.2) is 29.7 Å². The van der Waals surface area contributed by atoms with Gasteiger partial charge in [0.05, 0.1) is 0 Å². The molecule has 4 rings (SSSR count). The lowest BCUT2D eigenvalue weighted by Crippen LogP contribution is -2.28. The maximum Gasteiger partial charge on any atom is 0.276 e. The summed E-state index contributed by atoms with van der Waals surface area (Å²) in [6.45, 7) is 7.91. The van der Waals surface area contributed by atoms with Crippen molar-refractivity contribution in [2.45, 2.75) is 52.9 Å². The molecule has 2 heterocycles. The Balaban J connectivity index is 1.55. The van der Waals surface area contributed by atoms with Gasteiger partial charge in [0.15, 0.2) is 5.69 Å². The van der Waals surface area contributed by atoms with Crippen LogP contribution in [0, 0.1) is 11.3 Å². The van der Waals surface area contributed by atoms with Gasteiger partial charge >= 0.3 is 0 Å². The average Bonchev–Trinajstić information content (AvgIpc) is 3.05. The van der Waals surface area contributed by atoms with Crippen molar-refractivity contribution in [1.82, 2.24) is 10.2 Å². The summed E-state index contributed by atoms with van der Waals surface area (Å²) in [5.41, 5.74) is 6.45. The number of nitrogens with zero attached hydrogens (tertiary/aromatic N) is 2. The van der Waals surface area contributed by atoms with Crippen LogP contribution < -0.4 is 10.2 Å². The first kappa shape index (κ1) is 18.1. The Morgan fingerprint density at radius 1 is 1.30 bits per heavy atom. The molecule has 0 saturated carbocycles. The third-order valence-electron chi connectivity index (χ3n) is 6.28. The largest absolute Gasteiger partial charge is 0.374 e. The third-order valence-corrected chi connectivity index (χ3v) is 6.28. The number of fused-ring (bicyclic) bond motifs is 2. The van der Waals surface area contributed by atoms with Crippen LogP contribution in [0.3, 0.4) is 0 Å². The SMILES string of the molecule is CN1CCCc2ccc(NC(=O)c3n[nH]c4c3CC(C(C)(C)C)CC4)cc21. The Morgan fingerprint density at radius 2 is 2.11 bits per heavy atom. The zero-order valence-electron chi connectivity index (χ0n) is 16.9. The van der Waals surface area contributed by atoms with Gasteiger partial charge in [-0.3, -0.25) is 9.89 Å². The molecule has 1 unspecified atom stereocenters. The second kappa shape index (κ2) is 6.70. The van der Waals surface area contributed by atoms with Gasteiger partial charge in [0.25, 0.3) is 5.91 Å². The summed E-state index contributed by atoms with van der Waals surface area (Å²) in [6, 6.07) is 6.23. The van der Waals surface area contributed by atoms with E-state index >= 15 is 0 Å². The van der Waals surface area contributed by atoms with E-state index in [2.05, 4.69) is 60.4 Å². The molecule has 1 aromatic carbocycles. The number of carbonyl (C=O) groups is 1. The molecule has 2 N–H and O–H groups in total. The summed E-state index contributed by atoms with van der Waals surface area (Å²) < 4.78 is 0. The molecule has 2 aliphatic rings. The number of hydrogen-bond acceptors (Lipinski definition) is 3. The minimum absolute atomic E-state index is 0.111. The van der Waals surface area contributed by atoms with E-state index in [4.69, 9.17) is 0 Å². The lowest BCUT2D eigenvalue weighted by Gasteiger charge is -2.33. The Morgan fingerprint density at radius 3 is 2.89 bits per heavy atom. The molecule has 0 saturated heterocycles. The Labute approximate surface area is 161 Å². The normalized spacial score (nSPS) is 19.4. The van der Waals surface area contributed by atoms with Gasteiger partial charge in [-0.05, 0) is 61.1 Å². The van der Waals surface area contributed by atoms with E-state index in [1.54, 1.807) is 0 Å². The molecule has 0 radical (unpaired) electrons. The van der Waals surface area contributed by atoms with E-state index < -0.39 is 0 Å². The molecule has 5 heteroatoms. The van der Waals surface area contributed by atoms with Crippen molar-refractivity contribution in [2.75, 3.05) is 23.8 Å². The van der Waals surface area contributed by atoms with Gasteiger partial charge in [0, 0.05) is 36.2 Å². The van der Waals surface area contributed by atoms with Gasteiger partial charge in [-0.15, -0.1) is 0 Å². The van der Waals surface area contributed by atoms with Crippen LogP contribution >= 0.6 is 0 Å². The molecule has 1 atom stereocenters. The molecule has 5 nitrogen and oxygen atoms in total. The number of rotatable bonds is 2. The molecule has 0 fully saturated rings. The van der Waals surface area contributed by atoms with Gasteiger partial charge in [0.2, 0.25) is 0 Å². The van der Waals surface area contributed by atoms with Crippen molar-refractivity contribution >= 4 is 17.3 Å². The van der Waals surface area contributed by atoms with E-state index in [1.165, 1.54) is 17.7 Å². The first-order valence-electron chi connectivity index (χ1n) is 10.0. The summed E-state index contributed by atoms with van der Waals surface area (Å²) in [7, 11) is 2.11. The third kappa shape index (κ3) is 3.47. The fourth-order valence-corrected chi connectivity index (χ4v) is 4.45. The van der Waals surface area contributed by atoms with Crippen molar-refractivity contribution < 1.29 is 4.79 Å². The molecule has 0 bridgehead atoms. The van der Waals surface area contributed by atoms with Gasteiger partial charge in [-0.25, -0.2) is 0 Å². The highest BCUT2D eigenvalue weighted by Crippen LogP contribution is 2.38. The maximum atomic E-state index is 12.9. The van der Waals surface area contributed by atoms with Gasteiger partial charge in [0.1, 0.15) is 0 Å². The Bertz CT molecular complexity index is 862. The van der Waals surface area contributed by atoms with Crippen LogP contribution in [-0.2, 0) is 19.3 Å². The number of nitrogens with one attached hydrogen (secondary N) is 2. The number of benzene rings is 1. The van der Waals surface area contributed by atoms with Gasteiger partial charge in [-0.1, -0.05) is 26.8 Å². The Kier molecular flexibility index (Phi) is 4.49. The average molecular weight is 367 g/mol. The van der Waals surface area contributed by atoms with E-state index in [9.17, 15) is 4.79 Å². The fourth-order valence-electron chi connectivity index (χ4n) is 4.45. The number of anilines is 2. The molecular formula is C22H30N4O. The predicted molar refractivity (Wildman–Crippen MR) is 110 cm³/mol. The number of aryl methyl sites for hydroxylation is 2. The number of aromatic amines is 1. The van der Waals surface area contributed by atoms with Crippen molar-refractivity contribution in [1.29, 1.82) is 0 Å². The second-order valence-corrected chi connectivity index (χ2v) is 9.16. The van der Waals surface area contributed by atoms with Crippen LogP contribution in [0.4, 0.5) is 11.4 Å². The first-order valence-corrected chi connectivity index (χ1v) is 10.0. The molecule has 144 valence electrons. The number of hydrogen-bond donors (Lipinski definition) is 2. The zero-order valence-corrected chi connectivity index (χ0v) is 16.9. The molecule has 1 aliphatic carbocycles. The summed E-state index contributed by atoms with van der Waals surface area (Å²) in [6.07, 6.45) is 5.33. The summed E-state index contributed by atoms with van der Waals surface area (Å²) in [5, 5.41) is 10.5. The predicted octanol–water partition coefficient (Wildman–Crippen LogP) is 4.20. The Hall–Kier alpha value is -2.30. The molecule has 0 spiro atoms. The summed E-state index contributed by atoms with van der Waals surface area (Å²) in [5.74, 6) is 0.465. The van der Waals surface area contributed by atoms with Crippen LogP contribution in [0.1, 0.15) is 60.9 Å². The van der Waals surface area contributed by atoms with Crippen LogP contribution in [0.2, 0.25) is 0 Å². The quantitative estimate of drug-likeness (QED) is 0.837. The van der Waals surface area contributed by atoms with Gasteiger partial charge < -0.3 is 10.2 Å². The molecule has 27 heavy (non-hydrogen) atoms. The first-order chi connectivity index (χ1) is 12.8. The van der Waals surface area contributed by atoms with Crippen LogP contribution in [0.25, 0.3) is 0 Å². The van der Waals surface area contributed by atoms with Crippen molar-refractivity contribution in [3.8, 4) is 0 Å². The highest BCUT2D eigenvalue weighted by atomic mass is 16.1. The van der Waals surface area contributed by atoms with E-state index in [0.717, 1.165) is 49.2 Å². The number of carbonyl (C=O) groups excluding carboxylic acids is 1. The minimum Gasteiger partial charge on any atom is -0.374 e. The topological polar surface area (TPSA) is 61.0 Å². The van der Waals surface area contributed by atoms with E-state index in [1.807, 2.05) is 6.07 Å². The molecule has 1 aliphatic heterocycles. The lowest BCUT2D eigenvalue weighted by molar-refractivity contribution is 0.102. The van der Waals surface area contributed by atoms with Gasteiger partial charge in [-0.2, -0.15) is 5.10 Å². The minimum atomic E-state index is -0.111. The zero-order chi connectivity index (χ0) is 19.2. The smallest absolute Gasteiger partial charge is 0.276 e. The summed E-state index contributed by atoms with van der Waals surface area (Å²) in [4.78, 5) is 15.2. The number of amides is 1. The highest BCUT2D eigenvalue weighted by Gasteiger charge is 2.32. The van der Waals surface area contributed by atoms with Crippen LogP contribution in [0.5, 0.6) is 0 Å². The van der Waals surface area contributed by atoms with E-state index in [-0.39, 0.29) is 11.3 Å². The summed E-state index contributed by atoms with van der Waals surface area (Å²) >= 11 is 0. The maximum absolute atomic E-state index is 12.9. The molecule has 1 aromatic heterocycles. The lowest BCUT2D eigenvalue weighted by atomic mass is 9.71. The van der Waals surface area contributed by atoms with Crippen LogP contribution in [0.15, 0.2) is 18.2 Å². The van der Waals surface area contributed by atoms with Crippen molar-refractivity contribution in [3.05, 3.63) is 40.7 Å². The number of aromatic nitrogens is 2. The molecule has 1 amide bonds. The fraction of sp³-hybridized carbons (Fsp3) is 0.545. The molecule has 2 aromatic rings. The van der Waals surface area contributed by atoms with E-state index in [0.29, 0.717) is 11.6 Å². The molecular weight excluding hydrogens is 336 g/mol. The second-order valence-electron chi connectivity index (χ2n) is 9.16. The van der Waals surface area contributed by atoms with Crippen molar-refractivity contribution in [3.63, 3.8) is 0 Å². The standard InChI is InChI=1S/C22H30N4O/c1-22(2,3)15-8-10-18-17(12-15)20(25-24-18)21(27)23-16-9-7-14-6-5-11-26(4)19(14)13-16/h7,9,13,15H,5-6,8,10-12H2,1-4H3,(H,23,27)(H,24,25). The monoisotopic (exact) mass is 366 g/mol. The number of H-pyrrole nitrogens is 1. The highest BCUT2D eigenvalue weighted by molar-refractivity contribution is 6.04.